The van der Waals surface area contributed by atoms with Crippen molar-refractivity contribution >= 4 is 72.8 Å². The van der Waals surface area contributed by atoms with Crippen LogP contribution >= 0.6 is 25.8 Å². The SMILES string of the molecule is C[C@H]1Cn2c(nc3cncnc32)COP(O)(=S)O[C@@H]2[C@H](F)[C@@H](COP(=O)(S)O1)O[C@H]2N1C=NC2C(=O)NC(=N)N=C21. The van der Waals surface area contributed by atoms with E-state index >= 15 is 4.39 Å². The summed E-state index contributed by atoms with van der Waals surface area (Å²) in [6.07, 6.45) is -3.25. The standard InChI is InChI=1S/C19H22FN9O8P2S2/c1-8-3-28-11(25-9-2-22-6-23-15(9)28)5-34-39(32,41)37-14-12(20)10(4-33-38(31,40)36-8)35-18(14)29-7-24-13-16(29)26-19(21)27-17(13)30/h2,6-8,10,12-14,18H,3-5H2,1H3,(H,31,40)(H,32,41)(H2,21,27,30)/t8-,10+,12+,13?,14+,18+,38?,39?/m0/s1. The zero-order valence-corrected chi connectivity index (χ0v) is 24.4. The number of hydrogen-bond donors (Lipinski definition) is 4. The highest BCUT2D eigenvalue weighted by molar-refractivity contribution is 8.44. The van der Waals surface area contributed by atoms with Crippen molar-refractivity contribution in [1.82, 2.24) is 29.7 Å². The van der Waals surface area contributed by atoms with Crippen LogP contribution in [0.3, 0.4) is 0 Å². The number of fused-ring (bicyclic) bond motifs is 6. The normalized spacial score (nSPS) is 38.1. The molecule has 220 valence electrons. The lowest BCUT2D eigenvalue weighted by Crippen LogP contribution is -2.53. The van der Waals surface area contributed by atoms with Gasteiger partial charge in [0.25, 0.3) is 5.91 Å². The highest BCUT2D eigenvalue weighted by Crippen LogP contribution is 2.55. The van der Waals surface area contributed by atoms with Crippen molar-refractivity contribution in [1.29, 1.82) is 5.41 Å². The summed E-state index contributed by atoms with van der Waals surface area (Å²) in [4.78, 5) is 45.1. The van der Waals surface area contributed by atoms with E-state index in [1.807, 2.05) is 0 Å². The van der Waals surface area contributed by atoms with Crippen molar-refractivity contribution in [3.8, 4) is 0 Å². The van der Waals surface area contributed by atoms with Gasteiger partial charge < -0.3 is 18.7 Å². The van der Waals surface area contributed by atoms with Crippen LogP contribution in [0, 0.1) is 5.41 Å². The molecule has 0 aliphatic carbocycles. The van der Waals surface area contributed by atoms with E-state index in [1.54, 1.807) is 11.5 Å². The van der Waals surface area contributed by atoms with E-state index in [-0.39, 0.29) is 24.8 Å². The van der Waals surface area contributed by atoms with Gasteiger partial charge in [-0.1, -0.05) is 12.2 Å². The van der Waals surface area contributed by atoms with Crippen molar-refractivity contribution in [2.24, 2.45) is 9.98 Å². The van der Waals surface area contributed by atoms with Crippen LogP contribution < -0.4 is 5.32 Å². The number of rotatable bonds is 1. The fourth-order valence-electron chi connectivity index (χ4n) is 4.66. The summed E-state index contributed by atoms with van der Waals surface area (Å²) in [7, 11) is 0. The molecule has 2 aromatic heterocycles. The topological polar surface area (TPSA) is 208 Å². The number of ether oxygens (including phenoxy) is 1. The van der Waals surface area contributed by atoms with Gasteiger partial charge in [0.1, 0.15) is 36.5 Å². The van der Waals surface area contributed by atoms with Gasteiger partial charge in [-0.3, -0.25) is 39.0 Å². The third-order valence-electron chi connectivity index (χ3n) is 6.36. The van der Waals surface area contributed by atoms with Crippen LogP contribution in [-0.4, -0.2) is 96.7 Å². The van der Waals surface area contributed by atoms with E-state index in [0.717, 1.165) is 0 Å². The molecule has 2 bridgehead atoms. The minimum absolute atomic E-state index is 0.0282. The molecule has 4 aliphatic heterocycles. The largest absolute Gasteiger partial charge is 0.386 e. The quantitative estimate of drug-likeness (QED) is 0.248. The molecule has 41 heavy (non-hydrogen) atoms. The molecule has 17 nitrogen and oxygen atoms in total. The van der Waals surface area contributed by atoms with E-state index < -0.39 is 68.7 Å². The Morgan fingerprint density at radius 3 is 2.95 bits per heavy atom. The van der Waals surface area contributed by atoms with E-state index in [4.69, 9.17) is 40.0 Å². The molecule has 22 heteroatoms. The number of nitrogens with one attached hydrogen (secondary N) is 2. The highest BCUT2D eigenvalue weighted by Gasteiger charge is 2.54. The van der Waals surface area contributed by atoms with Gasteiger partial charge in [0.15, 0.2) is 29.9 Å². The Labute approximate surface area is 240 Å². The first kappa shape index (κ1) is 28.9. The number of amides is 1. The maximum atomic E-state index is 15.9. The molecule has 0 spiro atoms. The van der Waals surface area contributed by atoms with Crippen LogP contribution in [0.15, 0.2) is 22.5 Å². The van der Waals surface area contributed by atoms with E-state index in [9.17, 15) is 14.3 Å². The molecule has 6 rings (SSSR count). The molecular weight excluding hydrogens is 627 g/mol. The van der Waals surface area contributed by atoms with Gasteiger partial charge in [-0.25, -0.2) is 23.9 Å². The zero-order chi connectivity index (χ0) is 29.1. The zero-order valence-electron chi connectivity index (χ0n) is 20.9. The molecular formula is C19H22FN9O8P2S2. The summed E-state index contributed by atoms with van der Waals surface area (Å²) < 4.78 is 58.5. The van der Waals surface area contributed by atoms with E-state index in [2.05, 4.69) is 42.5 Å². The summed E-state index contributed by atoms with van der Waals surface area (Å²) in [6.45, 7) is -7.52. The van der Waals surface area contributed by atoms with Crippen LogP contribution in [0.2, 0.25) is 0 Å². The number of guanidine groups is 1. The second-order valence-electron chi connectivity index (χ2n) is 9.25. The van der Waals surface area contributed by atoms with Crippen molar-refractivity contribution in [2.75, 3.05) is 6.61 Å². The fraction of sp³-hybridized carbons (Fsp3) is 0.526. The van der Waals surface area contributed by atoms with Crippen molar-refractivity contribution < 1.29 is 41.5 Å². The van der Waals surface area contributed by atoms with Crippen molar-refractivity contribution in [3.05, 3.63) is 18.3 Å². The predicted molar refractivity (Wildman–Crippen MR) is 146 cm³/mol. The molecule has 8 atom stereocenters. The Morgan fingerprint density at radius 1 is 1.34 bits per heavy atom. The van der Waals surface area contributed by atoms with Gasteiger partial charge in [0.05, 0.1) is 31.8 Å². The van der Waals surface area contributed by atoms with Gasteiger partial charge in [0, 0.05) is 0 Å². The lowest BCUT2D eigenvalue weighted by atomic mass is 10.1. The molecule has 0 aromatic carbocycles. The Kier molecular flexibility index (Phi) is 7.59. The monoisotopic (exact) mass is 649 g/mol. The third-order valence-corrected chi connectivity index (χ3v) is 9.63. The van der Waals surface area contributed by atoms with Crippen LogP contribution in [0.5, 0.6) is 0 Å². The number of aromatic nitrogens is 4. The van der Waals surface area contributed by atoms with Gasteiger partial charge in [0.2, 0.25) is 5.96 Å². The molecule has 3 N–H and O–H groups in total. The Balaban J connectivity index is 1.35. The van der Waals surface area contributed by atoms with E-state index in [0.29, 0.717) is 11.2 Å². The number of thiol groups is 1. The second-order valence-corrected chi connectivity index (χ2v) is 14.9. The summed E-state index contributed by atoms with van der Waals surface area (Å²) >= 11 is 9.25. The first-order valence-electron chi connectivity index (χ1n) is 12.0. The maximum Gasteiger partial charge on any atom is 0.386 e. The van der Waals surface area contributed by atoms with E-state index in [1.165, 1.54) is 23.8 Å². The molecule has 2 aromatic rings. The van der Waals surface area contributed by atoms with Gasteiger partial charge >= 0.3 is 13.5 Å². The summed E-state index contributed by atoms with van der Waals surface area (Å²) in [5, 5.41) is 10.0. The molecule has 1 saturated heterocycles. The second kappa shape index (κ2) is 10.8. The lowest BCUT2D eigenvalue weighted by Gasteiger charge is -2.31. The van der Waals surface area contributed by atoms with Crippen LogP contribution in [0.25, 0.3) is 11.2 Å². The number of alkyl halides is 1. The summed E-state index contributed by atoms with van der Waals surface area (Å²) in [5.74, 6) is -0.855. The molecule has 1 fully saturated rings. The molecule has 1 amide bonds. The number of aliphatic imine (C=N–C) groups is 2. The number of nitrogens with zero attached hydrogens (tertiary/aromatic N) is 7. The number of hydrogen-bond acceptors (Lipinski definition) is 14. The average molecular weight is 650 g/mol. The molecule has 0 radical (unpaired) electrons. The average Bonchev–Trinajstić information content (AvgIpc) is 3.55. The van der Waals surface area contributed by atoms with Crippen LogP contribution in [0.1, 0.15) is 12.7 Å². The molecule has 6 heterocycles. The summed E-state index contributed by atoms with van der Waals surface area (Å²) in [5.41, 5.74) is 0.807. The van der Waals surface area contributed by atoms with Gasteiger partial charge in [-0.2, -0.15) is 4.99 Å². The first-order valence-corrected chi connectivity index (χ1v) is 17.3. The van der Waals surface area contributed by atoms with Crippen LogP contribution in [-0.2, 0) is 57.1 Å². The predicted octanol–water partition coefficient (Wildman–Crippen LogP) is 0.657. The van der Waals surface area contributed by atoms with Gasteiger partial charge in [-0.15, -0.1) is 0 Å². The number of imidazole rings is 1. The van der Waals surface area contributed by atoms with Crippen molar-refractivity contribution in [2.45, 2.75) is 56.8 Å². The minimum Gasteiger partial charge on any atom is -0.346 e. The summed E-state index contributed by atoms with van der Waals surface area (Å²) in [6, 6.07) is -1.11. The number of carbonyl (C=O) groups is 1. The van der Waals surface area contributed by atoms with Gasteiger partial charge in [-0.05, 0) is 18.7 Å². The Bertz CT molecular complexity index is 1580. The number of carbonyl (C=O) groups excluding carboxylic acids is 1. The first-order chi connectivity index (χ1) is 19.4. The number of halogens is 1. The third kappa shape index (κ3) is 5.73. The molecule has 4 aliphatic rings. The van der Waals surface area contributed by atoms with Crippen LogP contribution in [0.4, 0.5) is 4.39 Å². The van der Waals surface area contributed by atoms with Crippen molar-refractivity contribution in [3.63, 3.8) is 0 Å². The Morgan fingerprint density at radius 2 is 2.15 bits per heavy atom. The minimum atomic E-state index is -4.19. The number of amidine groups is 1. The highest BCUT2D eigenvalue weighted by atomic mass is 32.7. The lowest BCUT2D eigenvalue weighted by molar-refractivity contribution is -0.119. The smallest absolute Gasteiger partial charge is 0.346 e. The molecule has 0 saturated carbocycles. The fourth-order valence-corrected chi connectivity index (χ4v) is 7.59. The Hall–Kier alpha value is -2.25. The maximum absolute atomic E-state index is 15.9. The molecule has 3 unspecified atom stereocenters.